The van der Waals surface area contributed by atoms with Gasteiger partial charge < -0.3 is 4.98 Å². The molecule has 1 N–H and O–H groups in total. The van der Waals surface area contributed by atoms with Crippen LogP contribution in [0.4, 0.5) is 4.39 Å². The summed E-state index contributed by atoms with van der Waals surface area (Å²) >= 11 is 0. The van der Waals surface area contributed by atoms with Crippen LogP contribution in [0.25, 0.3) is 10.9 Å². The Balaban J connectivity index is 1.48. The monoisotopic (exact) mass is 510 g/mol. The van der Waals surface area contributed by atoms with Gasteiger partial charge in [0.05, 0.1) is 6.04 Å². The lowest BCUT2D eigenvalue weighted by molar-refractivity contribution is 0.160. The molecule has 5 rings (SSSR count). The first kappa shape index (κ1) is 25.5. The van der Waals surface area contributed by atoms with Crippen molar-refractivity contribution in [1.82, 2.24) is 30.1 Å². The number of benzene rings is 3. The first-order valence-electron chi connectivity index (χ1n) is 12.9. The number of pyridine rings is 1. The zero-order valence-corrected chi connectivity index (χ0v) is 21.6. The number of aryl methyl sites for hydroxylation is 3. The maximum Gasteiger partial charge on any atom is 0.252 e. The smallest absolute Gasteiger partial charge is 0.252 e. The fourth-order valence-corrected chi connectivity index (χ4v) is 4.90. The van der Waals surface area contributed by atoms with Gasteiger partial charge in [-0.05, 0) is 77.0 Å². The van der Waals surface area contributed by atoms with E-state index in [1.807, 2.05) is 48.0 Å². The molecule has 0 aliphatic heterocycles. The highest BCUT2D eigenvalue weighted by atomic mass is 19.1. The molecule has 0 radical (unpaired) electrons. The second-order valence-corrected chi connectivity index (χ2v) is 9.67. The third-order valence-corrected chi connectivity index (χ3v) is 6.89. The molecule has 7 nitrogen and oxygen atoms in total. The van der Waals surface area contributed by atoms with Crippen molar-refractivity contribution in [3.63, 3.8) is 0 Å². The van der Waals surface area contributed by atoms with Crippen molar-refractivity contribution in [3.05, 3.63) is 123 Å². The fourth-order valence-electron chi connectivity index (χ4n) is 4.90. The molecule has 0 unspecified atom stereocenters. The molecular formula is C30H31FN6O. The van der Waals surface area contributed by atoms with Crippen LogP contribution >= 0.6 is 0 Å². The van der Waals surface area contributed by atoms with Crippen LogP contribution in [0.1, 0.15) is 47.5 Å². The normalized spacial score (nSPS) is 12.3. The van der Waals surface area contributed by atoms with Crippen LogP contribution < -0.4 is 5.56 Å². The Bertz CT molecular complexity index is 1560. The Kier molecular flexibility index (Phi) is 7.70. The number of nitrogens with zero attached hydrogens (tertiary/aromatic N) is 5. The Hall–Kier alpha value is -4.17. The number of fused-ring (bicyclic) bond motifs is 1. The Morgan fingerprint density at radius 2 is 1.76 bits per heavy atom. The third-order valence-electron chi connectivity index (χ3n) is 6.89. The molecule has 2 aromatic heterocycles. The third kappa shape index (κ3) is 5.86. The summed E-state index contributed by atoms with van der Waals surface area (Å²) < 4.78 is 15.5. The number of tetrazole rings is 1. The molecule has 0 fully saturated rings. The van der Waals surface area contributed by atoms with Crippen molar-refractivity contribution >= 4 is 10.9 Å². The largest absolute Gasteiger partial charge is 0.322 e. The second-order valence-electron chi connectivity index (χ2n) is 9.67. The van der Waals surface area contributed by atoms with Gasteiger partial charge in [0.15, 0.2) is 5.82 Å². The molecular weight excluding hydrogens is 479 g/mol. The van der Waals surface area contributed by atoms with Gasteiger partial charge in [0.2, 0.25) is 0 Å². The average Bonchev–Trinajstić information content (AvgIpc) is 3.38. The number of aromatic nitrogens is 5. The molecule has 1 atom stereocenters. The van der Waals surface area contributed by atoms with Crippen LogP contribution in [0.2, 0.25) is 0 Å². The van der Waals surface area contributed by atoms with Crippen molar-refractivity contribution in [3.8, 4) is 0 Å². The fraction of sp³-hybridized carbons (Fsp3) is 0.267. The van der Waals surface area contributed by atoms with Crippen molar-refractivity contribution in [1.29, 1.82) is 0 Å². The summed E-state index contributed by atoms with van der Waals surface area (Å²) in [6.07, 6.45) is 1.54. The lowest BCUT2D eigenvalue weighted by atomic mass is 10.1. The van der Waals surface area contributed by atoms with E-state index >= 15 is 0 Å². The van der Waals surface area contributed by atoms with Crippen LogP contribution in [0.5, 0.6) is 0 Å². The van der Waals surface area contributed by atoms with Gasteiger partial charge in [0.1, 0.15) is 5.82 Å². The van der Waals surface area contributed by atoms with Crippen LogP contribution in [0.15, 0.2) is 83.7 Å². The number of nitrogens with one attached hydrogen (secondary N) is 1. The topological polar surface area (TPSA) is 79.7 Å². The minimum absolute atomic E-state index is 0.121. The standard InChI is InChI=1S/C30H31FN6O/c1-3-28(29-33-34-35-37(29)16-15-22-7-5-4-6-8-22)36(19-23-10-12-26(31)13-11-23)20-25-18-24-17-21(2)9-14-27(24)32-30(25)38/h4-14,17-18,28H,3,15-16,19-20H2,1-2H3,(H,32,38)/t28-/m0/s1. The van der Waals surface area contributed by atoms with Crippen LogP contribution in [-0.4, -0.2) is 30.1 Å². The molecule has 0 bridgehead atoms. The van der Waals surface area contributed by atoms with Gasteiger partial charge in [0.25, 0.3) is 5.56 Å². The van der Waals surface area contributed by atoms with E-state index in [2.05, 4.69) is 50.5 Å². The predicted molar refractivity (Wildman–Crippen MR) is 146 cm³/mol. The molecule has 38 heavy (non-hydrogen) atoms. The highest BCUT2D eigenvalue weighted by Crippen LogP contribution is 2.27. The van der Waals surface area contributed by atoms with Gasteiger partial charge in [-0.15, -0.1) is 5.10 Å². The maximum absolute atomic E-state index is 13.6. The molecule has 3 aromatic carbocycles. The molecule has 0 amide bonds. The summed E-state index contributed by atoms with van der Waals surface area (Å²) in [5.74, 6) is 0.470. The number of rotatable bonds is 10. The average molecular weight is 511 g/mol. The summed E-state index contributed by atoms with van der Waals surface area (Å²) in [6.45, 7) is 5.67. The molecule has 0 aliphatic rings. The van der Waals surface area contributed by atoms with Crippen molar-refractivity contribution in [2.24, 2.45) is 0 Å². The summed E-state index contributed by atoms with van der Waals surface area (Å²) in [5.41, 5.74) is 4.63. The number of hydrogen-bond acceptors (Lipinski definition) is 5. The predicted octanol–water partition coefficient (Wildman–Crippen LogP) is 5.36. The first-order chi connectivity index (χ1) is 18.5. The minimum atomic E-state index is -0.279. The van der Waals surface area contributed by atoms with Gasteiger partial charge >= 0.3 is 0 Å². The number of aromatic amines is 1. The highest BCUT2D eigenvalue weighted by molar-refractivity contribution is 5.79. The van der Waals surface area contributed by atoms with E-state index < -0.39 is 0 Å². The summed E-state index contributed by atoms with van der Waals surface area (Å²) in [4.78, 5) is 18.3. The van der Waals surface area contributed by atoms with E-state index in [1.54, 1.807) is 12.1 Å². The summed E-state index contributed by atoms with van der Waals surface area (Å²) in [6, 6.07) is 24.5. The van der Waals surface area contributed by atoms with Crippen molar-refractivity contribution < 1.29 is 4.39 Å². The lowest BCUT2D eigenvalue weighted by Crippen LogP contribution is -2.32. The molecule has 0 spiro atoms. The van der Waals surface area contributed by atoms with Gasteiger partial charge in [0, 0.05) is 30.7 Å². The molecule has 0 saturated heterocycles. The van der Waals surface area contributed by atoms with Gasteiger partial charge in [-0.3, -0.25) is 9.69 Å². The van der Waals surface area contributed by atoms with E-state index in [-0.39, 0.29) is 17.4 Å². The Morgan fingerprint density at radius 1 is 0.974 bits per heavy atom. The Labute approximate surface area is 220 Å². The second kappa shape index (κ2) is 11.5. The maximum atomic E-state index is 13.6. The van der Waals surface area contributed by atoms with Crippen LogP contribution in [-0.2, 0) is 26.1 Å². The first-order valence-corrected chi connectivity index (χ1v) is 12.9. The zero-order valence-electron chi connectivity index (χ0n) is 21.6. The van der Waals surface area contributed by atoms with Crippen molar-refractivity contribution in [2.45, 2.75) is 52.4 Å². The molecule has 194 valence electrons. The SMILES string of the molecule is CC[C@@H](c1nnnn1CCc1ccccc1)N(Cc1ccc(F)cc1)Cc1cc2cc(C)ccc2[nH]c1=O. The molecule has 0 aliphatic carbocycles. The molecule has 8 heteroatoms. The number of halogens is 1. The van der Waals surface area contributed by atoms with Gasteiger partial charge in [-0.1, -0.05) is 61.0 Å². The van der Waals surface area contributed by atoms with E-state index in [4.69, 9.17) is 0 Å². The lowest BCUT2D eigenvalue weighted by Gasteiger charge is -2.30. The van der Waals surface area contributed by atoms with E-state index in [9.17, 15) is 9.18 Å². The van der Waals surface area contributed by atoms with Gasteiger partial charge in [-0.25, -0.2) is 9.07 Å². The minimum Gasteiger partial charge on any atom is -0.322 e. The summed E-state index contributed by atoms with van der Waals surface area (Å²) in [5, 5.41) is 13.7. The molecule has 2 heterocycles. The van der Waals surface area contributed by atoms with E-state index in [0.29, 0.717) is 25.2 Å². The van der Waals surface area contributed by atoms with E-state index in [1.165, 1.54) is 17.7 Å². The molecule has 0 saturated carbocycles. The zero-order chi connectivity index (χ0) is 26.5. The molecule has 5 aromatic rings. The number of hydrogen-bond donors (Lipinski definition) is 1. The van der Waals surface area contributed by atoms with Crippen molar-refractivity contribution in [2.75, 3.05) is 0 Å². The Morgan fingerprint density at radius 3 is 2.53 bits per heavy atom. The number of H-pyrrole nitrogens is 1. The van der Waals surface area contributed by atoms with Crippen LogP contribution in [0.3, 0.4) is 0 Å². The van der Waals surface area contributed by atoms with Crippen LogP contribution in [0, 0.1) is 12.7 Å². The highest BCUT2D eigenvalue weighted by Gasteiger charge is 2.26. The van der Waals surface area contributed by atoms with Gasteiger partial charge in [-0.2, -0.15) is 0 Å². The summed E-state index contributed by atoms with van der Waals surface area (Å²) in [7, 11) is 0. The quantitative estimate of drug-likeness (QED) is 0.274. The van der Waals surface area contributed by atoms with E-state index in [0.717, 1.165) is 40.7 Å².